The summed E-state index contributed by atoms with van der Waals surface area (Å²) in [5, 5.41) is 3.11. The quantitative estimate of drug-likeness (QED) is 0.763. The molecule has 5 nitrogen and oxygen atoms in total. The zero-order chi connectivity index (χ0) is 14.5. The third-order valence-corrected chi connectivity index (χ3v) is 2.82. The Morgan fingerprint density at radius 3 is 2.19 bits per heavy atom. The third kappa shape index (κ3) is 3.27. The van der Waals surface area contributed by atoms with Crippen molar-refractivity contribution in [3.8, 4) is 11.5 Å². The number of nitrogens with two attached hydrogens (primary N) is 1. The van der Waals surface area contributed by atoms with Crippen LogP contribution in [0.25, 0.3) is 0 Å². The molecule has 0 bridgehead atoms. The van der Waals surface area contributed by atoms with Gasteiger partial charge in [-0.05, 0) is 36.4 Å². The van der Waals surface area contributed by atoms with E-state index in [0.29, 0.717) is 11.6 Å². The summed E-state index contributed by atoms with van der Waals surface area (Å²) in [4.78, 5) is 8.11. The highest BCUT2D eigenvalue weighted by molar-refractivity contribution is 5.65. The molecule has 21 heavy (non-hydrogen) atoms. The molecule has 3 N–H and O–H groups in total. The van der Waals surface area contributed by atoms with E-state index < -0.39 is 0 Å². The number of ether oxygens (including phenoxy) is 1. The number of nitrogen functional groups attached to an aromatic ring is 1. The Balaban J connectivity index is 1.71. The number of anilines is 3. The molecule has 0 fully saturated rings. The van der Waals surface area contributed by atoms with E-state index in [4.69, 9.17) is 10.5 Å². The molecule has 0 aliphatic rings. The van der Waals surface area contributed by atoms with Gasteiger partial charge in [-0.1, -0.05) is 18.2 Å². The highest BCUT2D eigenvalue weighted by atomic mass is 16.5. The molecule has 1 heterocycles. The van der Waals surface area contributed by atoms with E-state index in [2.05, 4.69) is 15.3 Å². The van der Waals surface area contributed by atoms with Crippen LogP contribution >= 0.6 is 0 Å². The van der Waals surface area contributed by atoms with Crippen LogP contribution in [0.2, 0.25) is 0 Å². The van der Waals surface area contributed by atoms with E-state index in [1.807, 2.05) is 54.6 Å². The molecular weight excluding hydrogens is 264 g/mol. The van der Waals surface area contributed by atoms with Gasteiger partial charge < -0.3 is 15.8 Å². The van der Waals surface area contributed by atoms with Gasteiger partial charge in [0.25, 0.3) is 0 Å². The first-order valence-corrected chi connectivity index (χ1v) is 6.48. The van der Waals surface area contributed by atoms with Gasteiger partial charge in [-0.3, -0.25) is 0 Å². The second-order valence-corrected chi connectivity index (χ2v) is 4.35. The van der Waals surface area contributed by atoms with Crippen LogP contribution in [-0.4, -0.2) is 9.97 Å². The molecular formula is C16H14N4O. The van der Waals surface area contributed by atoms with E-state index >= 15 is 0 Å². The smallest absolute Gasteiger partial charge is 0.173 e. The molecule has 0 aliphatic carbocycles. The first-order valence-electron chi connectivity index (χ1n) is 6.48. The van der Waals surface area contributed by atoms with Crippen molar-refractivity contribution in [2.75, 3.05) is 11.1 Å². The second kappa shape index (κ2) is 5.92. The van der Waals surface area contributed by atoms with Crippen LogP contribution in [0, 0.1) is 0 Å². The number of hydrogen-bond acceptors (Lipinski definition) is 5. The van der Waals surface area contributed by atoms with E-state index in [-0.39, 0.29) is 0 Å². The molecule has 5 heteroatoms. The van der Waals surface area contributed by atoms with E-state index in [1.54, 1.807) is 12.4 Å². The molecule has 0 spiro atoms. The Hall–Kier alpha value is -3.08. The second-order valence-electron chi connectivity index (χ2n) is 4.35. The molecule has 0 saturated carbocycles. The number of hydrogen-bond donors (Lipinski definition) is 2. The normalized spacial score (nSPS) is 10.1. The van der Waals surface area contributed by atoms with Crippen molar-refractivity contribution in [2.24, 2.45) is 0 Å². The van der Waals surface area contributed by atoms with Crippen molar-refractivity contribution < 1.29 is 4.74 Å². The summed E-state index contributed by atoms with van der Waals surface area (Å²) < 4.78 is 5.73. The number of aromatic nitrogens is 2. The molecule has 0 radical (unpaired) electrons. The Bertz CT molecular complexity index is 714. The van der Waals surface area contributed by atoms with E-state index in [0.717, 1.165) is 17.2 Å². The lowest BCUT2D eigenvalue weighted by atomic mass is 10.3. The van der Waals surface area contributed by atoms with Crippen LogP contribution in [0.5, 0.6) is 11.5 Å². The maximum absolute atomic E-state index is 5.74. The molecule has 3 aromatic rings. The summed E-state index contributed by atoms with van der Waals surface area (Å²) >= 11 is 0. The largest absolute Gasteiger partial charge is 0.457 e. The number of rotatable bonds is 4. The van der Waals surface area contributed by atoms with Crippen molar-refractivity contribution in [2.45, 2.75) is 0 Å². The fraction of sp³-hybridized carbons (Fsp3) is 0. The van der Waals surface area contributed by atoms with Gasteiger partial charge in [0.1, 0.15) is 11.5 Å². The van der Waals surface area contributed by atoms with Gasteiger partial charge >= 0.3 is 0 Å². The number of para-hydroxylation sites is 1. The number of nitrogens with one attached hydrogen (secondary N) is 1. The molecule has 0 unspecified atom stereocenters. The van der Waals surface area contributed by atoms with Crippen molar-refractivity contribution in [1.82, 2.24) is 9.97 Å². The predicted molar refractivity (Wildman–Crippen MR) is 82.7 cm³/mol. The Morgan fingerprint density at radius 1 is 0.810 bits per heavy atom. The fourth-order valence-corrected chi connectivity index (χ4v) is 1.81. The van der Waals surface area contributed by atoms with Crippen molar-refractivity contribution >= 4 is 17.3 Å². The summed E-state index contributed by atoms with van der Waals surface area (Å²) in [7, 11) is 0. The number of benzene rings is 2. The van der Waals surface area contributed by atoms with E-state index in [1.165, 1.54) is 0 Å². The topological polar surface area (TPSA) is 73.1 Å². The minimum atomic E-state index is 0.363. The number of nitrogens with zero attached hydrogens (tertiary/aromatic N) is 2. The van der Waals surface area contributed by atoms with Gasteiger partial charge in [0.15, 0.2) is 11.6 Å². The SMILES string of the molecule is Nc1nccnc1Nc1ccc(Oc2ccccc2)cc1. The van der Waals surface area contributed by atoms with Crippen molar-refractivity contribution in [3.05, 3.63) is 67.0 Å². The zero-order valence-corrected chi connectivity index (χ0v) is 11.2. The lowest BCUT2D eigenvalue weighted by molar-refractivity contribution is 0.483. The average molecular weight is 278 g/mol. The van der Waals surface area contributed by atoms with Crippen molar-refractivity contribution in [1.29, 1.82) is 0 Å². The molecule has 0 amide bonds. The fourth-order valence-electron chi connectivity index (χ4n) is 1.81. The lowest BCUT2D eigenvalue weighted by Crippen LogP contribution is -2.00. The first kappa shape index (κ1) is 12.9. The summed E-state index contributed by atoms with van der Waals surface area (Å²) in [5.74, 6) is 2.46. The molecule has 2 aromatic carbocycles. The van der Waals surface area contributed by atoms with Gasteiger partial charge in [0.05, 0.1) is 0 Å². The van der Waals surface area contributed by atoms with Gasteiger partial charge in [0.2, 0.25) is 0 Å². The summed E-state index contributed by atoms with van der Waals surface area (Å²) in [6.07, 6.45) is 3.14. The summed E-state index contributed by atoms with van der Waals surface area (Å²) in [6.45, 7) is 0. The maximum atomic E-state index is 5.74. The van der Waals surface area contributed by atoms with Crippen LogP contribution < -0.4 is 15.8 Å². The monoisotopic (exact) mass is 278 g/mol. The molecule has 1 aromatic heterocycles. The van der Waals surface area contributed by atoms with Gasteiger partial charge in [-0.25, -0.2) is 9.97 Å². The molecule has 3 rings (SSSR count). The zero-order valence-electron chi connectivity index (χ0n) is 11.2. The molecule has 104 valence electrons. The van der Waals surface area contributed by atoms with Crippen LogP contribution in [0.1, 0.15) is 0 Å². The van der Waals surface area contributed by atoms with Crippen LogP contribution in [0.4, 0.5) is 17.3 Å². The average Bonchev–Trinajstić information content (AvgIpc) is 2.52. The van der Waals surface area contributed by atoms with Gasteiger partial charge in [-0.2, -0.15) is 0 Å². The van der Waals surface area contributed by atoms with Crippen LogP contribution in [-0.2, 0) is 0 Å². The Kier molecular flexibility index (Phi) is 3.64. The minimum Gasteiger partial charge on any atom is -0.457 e. The highest BCUT2D eigenvalue weighted by Gasteiger charge is 2.02. The van der Waals surface area contributed by atoms with Crippen molar-refractivity contribution in [3.63, 3.8) is 0 Å². The molecule has 0 atom stereocenters. The Morgan fingerprint density at radius 2 is 1.48 bits per heavy atom. The predicted octanol–water partition coefficient (Wildman–Crippen LogP) is 3.59. The third-order valence-electron chi connectivity index (χ3n) is 2.82. The lowest BCUT2D eigenvalue weighted by Gasteiger charge is -2.09. The van der Waals surface area contributed by atoms with E-state index in [9.17, 15) is 0 Å². The van der Waals surface area contributed by atoms with Crippen LogP contribution in [0.15, 0.2) is 67.0 Å². The standard InChI is InChI=1S/C16H14N4O/c17-15-16(19-11-10-18-15)20-12-6-8-14(9-7-12)21-13-4-2-1-3-5-13/h1-11H,(H2,17,18)(H,19,20). The van der Waals surface area contributed by atoms with Gasteiger partial charge in [-0.15, -0.1) is 0 Å². The summed E-state index contributed by atoms with van der Waals surface area (Å²) in [5.41, 5.74) is 6.60. The first-order chi connectivity index (χ1) is 10.3. The molecule has 0 aliphatic heterocycles. The molecule has 0 saturated heterocycles. The summed E-state index contributed by atoms with van der Waals surface area (Å²) in [6, 6.07) is 17.2. The van der Waals surface area contributed by atoms with Crippen LogP contribution in [0.3, 0.4) is 0 Å². The maximum Gasteiger partial charge on any atom is 0.173 e. The van der Waals surface area contributed by atoms with Gasteiger partial charge in [0, 0.05) is 18.1 Å². The Labute approximate surface area is 122 Å². The minimum absolute atomic E-state index is 0.363. The highest BCUT2D eigenvalue weighted by Crippen LogP contribution is 2.24.